The lowest BCUT2D eigenvalue weighted by Crippen LogP contribution is -2.39. The van der Waals surface area contributed by atoms with Crippen molar-refractivity contribution in [2.75, 3.05) is 53.2 Å². The molecule has 0 aromatic rings. The highest BCUT2D eigenvalue weighted by atomic mass is 127. The van der Waals surface area contributed by atoms with Crippen LogP contribution in [0.15, 0.2) is 4.99 Å². The fourth-order valence-corrected chi connectivity index (χ4v) is 2.56. The molecule has 144 valence electrons. The van der Waals surface area contributed by atoms with Gasteiger partial charge in [0.15, 0.2) is 5.96 Å². The molecule has 24 heavy (non-hydrogen) atoms. The SMILES string of the molecule is CCNC(=NCCCOC1CCCCC1)NCCOCCOC.I. The number of methoxy groups -OCH3 is 1. The molecule has 0 heterocycles. The molecule has 1 aliphatic carbocycles. The lowest BCUT2D eigenvalue weighted by Gasteiger charge is -2.21. The molecule has 7 heteroatoms. The molecule has 0 atom stereocenters. The van der Waals surface area contributed by atoms with Crippen LogP contribution in [0.2, 0.25) is 0 Å². The number of hydrogen-bond acceptors (Lipinski definition) is 4. The molecule has 1 fully saturated rings. The number of hydrogen-bond donors (Lipinski definition) is 2. The molecular formula is C17H36IN3O3. The van der Waals surface area contributed by atoms with E-state index in [-0.39, 0.29) is 24.0 Å². The topological polar surface area (TPSA) is 64.1 Å². The minimum atomic E-state index is 0. The number of aliphatic imine (C=N–C) groups is 1. The third-order valence-electron chi connectivity index (χ3n) is 3.79. The van der Waals surface area contributed by atoms with E-state index in [2.05, 4.69) is 22.5 Å². The average Bonchev–Trinajstić information content (AvgIpc) is 2.58. The average molecular weight is 457 g/mol. The smallest absolute Gasteiger partial charge is 0.191 e. The van der Waals surface area contributed by atoms with E-state index in [0.29, 0.717) is 25.9 Å². The Hall–Kier alpha value is -0.120. The van der Waals surface area contributed by atoms with E-state index in [1.54, 1.807) is 7.11 Å². The van der Waals surface area contributed by atoms with E-state index >= 15 is 0 Å². The van der Waals surface area contributed by atoms with Gasteiger partial charge >= 0.3 is 0 Å². The maximum Gasteiger partial charge on any atom is 0.191 e. The Morgan fingerprint density at radius 3 is 2.54 bits per heavy atom. The quantitative estimate of drug-likeness (QED) is 0.204. The monoisotopic (exact) mass is 457 g/mol. The molecule has 0 radical (unpaired) electrons. The lowest BCUT2D eigenvalue weighted by molar-refractivity contribution is 0.0281. The van der Waals surface area contributed by atoms with Crippen LogP contribution in [0.5, 0.6) is 0 Å². The maximum absolute atomic E-state index is 5.92. The predicted octanol–water partition coefficient (Wildman–Crippen LogP) is 2.56. The van der Waals surface area contributed by atoms with Crippen molar-refractivity contribution < 1.29 is 14.2 Å². The van der Waals surface area contributed by atoms with Gasteiger partial charge in [-0.05, 0) is 26.2 Å². The van der Waals surface area contributed by atoms with Gasteiger partial charge in [0.25, 0.3) is 0 Å². The highest BCUT2D eigenvalue weighted by Gasteiger charge is 2.12. The molecule has 1 saturated carbocycles. The van der Waals surface area contributed by atoms with Gasteiger partial charge < -0.3 is 24.8 Å². The van der Waals surface area contributed by atoms with Gasteiger partial charge in [0.2, 0.25) is 0 Å². The van der Waals surface area contributed by atoms with Crippen molar-refractivity contribution in [1.29, 1.82) is 0 Å². The zero-order chi connectivity index (χ0) is 16.6. The molecule has 0 bridgehead atoms. The second kappa shape index (κ2) is 17.7. The number of rotatable bonds is 12. The van der Waals surface area contributed by atoms with Crippen LogP contribution < -0.4 is 10.6 Å². The van der Waals surface area contributed by atoms with Crippen LogP contribution in [0.4, 0.5) is 0 Å². The Kier molecular flexibility index (Phi) is 17.6. The first kappa shape index (κ1) is 23.9. The lowest BCUT2D eigenvalue weighted by atomic mass is 9.98. The molecule has 2 N–H and O–H groups in total. The number of nitrogens with one attached hydrogen (secondary N) is 2. The van der Waals surface area contributed by atoms with Gasteiger partial charge in [-0.3, -0.25) is 4.99 Å². The van der Waals surface area contributed by atoms with E-state index in [0.717, 1.165) is 38.6 Å². The summed E-state index contributed by atoms with van der Waals surface area (Å²) in [5.41, 5.74) is 0. The summed E-state index contributed by atoms with van der Waals surface area (Å²) < 4.78 is 16.3. The molecule has 0 saturated heterocycles. The molecule has 0 amide bonds. The molecule has 0 unspecified atom stereocenters. The Labute approximate surface area is 164 Å². The van der Waals surface area contributed by atoms with Crippen LogP contribution in [0.25, 0.3) is 0 Å². The molecule has 1 aliphatic rings. The number of ether oxygens (including phenoxy) is 3. The van der Waals surface area contributed by atoms with Crippen molar-refractivity contribution in [2.24, 2.45) is 4.99 Å². The van der Waals surface area contributed by atoms with Crippen LogP contribution in [-0.4, -0.2) is 65.2 Å². The summed E-state index contributed by atoms with van der Waals surface area (Å²) in [6, 6.07) is 0. The highest BCUT2D eigenvalue weighted by molar-refractivity contribution is 14.0. The van der Waals surface area contributed by atoms with Crippen molar-refractivity contribution in [3.8, 4) is 0 Å². The van der Waals surface area contributed by atoms with Gasteiger partial charge in [-0.25, -0.2) is 0 Å². The van der Waals surface area contributed by atoms with E-state index < -0.39 is 0 Å². The minimum absolute atomic E-state index is 0. The maximum atomic E-state index is 5.92. The van der Waals surface area contributed by atoms with Gasteiger partial charge in [-0.15, -0.1) is 24.0 Å². The molecule has 0 spiro atoms. The fraction of sp³-hybridized carbons (Fsp3) is 0.941. The Morgan fingerprint density at radius 2 is 1.83 bits per heavy atom. The zero-order valence-electron chi connectivity index (χ0n) is 15.3. The molecule has 1 rings (SSSR count). The first-order valence-electron chi connectivity index (χ1n) is 9.07. The van der Waals surface area contributed by atoms with Crippen molar-refractivity contribution in [3.63, 3.8) is 0 Å². The fourth-order valence-electron chi connectivity index (χ4n) is 2.56. The Morgan fingerprint density at radius 1 is 1.04 bits per heavy atom. The van der Waals surface area contributed by atoms with E-state index in [9.17, 15) is 0 Å². The number of nitrogens with zero attached hydrogens (tertiary/aromatic N) is 1. The summed E-state index contributed by atoms with van der Waals surface area (Å²) in [5.74, 6) is 0.848. The summed E-state index contributed by atoms with van der Waals surface area (Å²) in [6.07, 6.45) is 7.94. The van der Waals surface area contributed by atoms with E-state index in [1.807, 2.05) is 0 Å². The summed E-state index contributed by atoms with van der Waals surface area (Å²) in [7, 11) is 1.68. The summed E-state index contributed by atoms with van der Waals surface area (Å²) in [5, 5.41) is 6.51. The van der Waals surface area contributed by atoms with E-state index in [1.165, 1.54) is 32.1 Å². The molecular weight excluding hydrogens is 421 g/mol. The number of guanidine groups is 1. The third-order valence-corrected chi connectivity index (χ3v) is 3.79. The van der Waals surface area contributed by atoms with Crippen LogP contribution >= 0.6 is 24.0 Å². The molecule has 0 aromatic heterocycles. The standard InChI is InChI=1S/C17H35N3O3.HI/c1-3-18-17(20-11-13-22-15-14-21-2)19-10-7-12-23-16-8-5-4-6-9-16;/h16H,3-15H2,1-2H3,(H2,18,19,20);1H. The van der Waals surface area contributed by atoms with Gasteiger partial charge in [0.05, 0.1) is 25.9 Å². The highest BCUT2D eigenvalue weighted by Crippen LogP contribution is 2.20. The Balaban J connectivity index is 0.00000529. The molecule has 0 aromatic carbocycles. The van der Waals surface area contributed by atoms with Crippen LogP contribution in [0.1, 0.15) is 45.4 Å². The normalized spacial score (nSPS) is 15.8. The van der Waals surface area contributed by atoms with E-state index in [4.69, 9.17) is 14.2 Å². The Bertz CT molecular complexity index is 301. The van der Waals surface area contributed by atoms with Gasteiger partial charge in [0, 0.05) is 33.4 Å². The second-order valence-corrected chi connectivity index (χ2v) is 5.78. The third kappa shape index (κ3) is 13.2. The second-order valence-electron chi connectivity index (χ2n) is 5.78. The van der Waals surface area contributed by atoms with Gasteiger partial charge in [-0.1, -0.05) is 19.3 Å². The summed E-state index contributed by atoms with van der Waals surface area (Å²) in [4.78, 5) is 4.56. The first-order chi connectivity index (χ1) is 11.4. The predicted molar refractivity (Wildman–Crippen MR) is 110 cm³/mol. The van der Waals surface area contributed by atoms with Crippen LogP contribution in [-0.2, 0) is 14.2 Å². The molecule has 6 nitrogen and oxygen atoms in total. The van der Waals surface area contributed by atoms with Crippen molar-refractivity contribution in [3.05, 3.63) is 0 Å². The molecule has 0 aliphatic heterocycles. The first-order valence-corrected chi connectivity index (χ1v) is 9.07. The van der Waals surface area contributed by atoms with Crippen LogP contribution in [0.3, 0.4) is 0 Å². The van der Waals surface area contributed by atoms with Crippen molar-refractivity contribution >= 4 is 29.9 Å². The largest absolute Gasteiger partial charge is 0.382 e. The van der Waals surface area contributed by atoms with Gasteiger partial charge in [-0.2, -0.15) is 0 Å². The summed E-state index contributed by atoms with van der Waals surface area (Å²) >= 11 is 0. The van der Waals surface area contributed by atoms with Crippen LogP contribution in [0, 0.1) is 0 Å². The van der Waals surface area contributed by atoms with Crippen molar-refractivity contribution in [1.82, 2.24) is 10.6 Å². The summed E-state index contributed by atoms with van der Waals surface area (Å²) in [6.45, 7) is 7.18. The van der Waals surface area contributed by atoms with Crippen molar-refractivity contribution in [2.45, 2.75) is 51.6 Å². The minimum Gasteiger partial charge on any atom is -0.382 e. The zero-order valence-corrected chi connectivity index (χ0v) is 17.7. The number of halogens is 1. The van der Waals surface area contributed by atoms with Gasteiger partial charge in [0.1, 0.15) is 0 Å².